The van der Waals surface area contributed by atoms with Crippen LogP contribution in [-0.2, 0) is 9.47 Å². The van der Waals surface area contributed by atoms with E-state index in [0.717, 1.165) is 19.8 Å². The first-order chi connectivity index (χ1) is 7.33. The van der Waals surface area contributed by atoms with E-state index in [2.05, 4.69) is 5.32 Å². The molecule has 15 heavy (non-hydrogen) atoms. The Morgan fingerprint density at radius 1 is 1.13 bits per heavy atom. The molecule has 0 aromatic rings. The van der Waals surface area contributed by atoms with E-state index in [1.54, 1.807) is 7.11 Å². The van der Waals surface area contributed by atoms with Crippen LogP contribution >= 0.6 is 0 Å². The Kier molecular flexibility index (Phi) is 6.22. The van der Waals surface area contributed by atoms with E-state index in [1.165, 1.54) is 32.1 Å². The first-order valence-corrected chi connectivity index (χ1v) is 6.04. The second kappa shape index (κ2) is 7.20. The van der Waals surface area contributed by atoms with Crippen LogP contribution in [0.3, 0.4) is 0 Å². The molecule has 0 atom stereocenters. The summed E-state index contributed by atoms with van der Waals surface area (Å²) < 4.78 is 10.5. The van der Waals surface area contributed by atoms with E-state index in [9.17, 15) is 0 Å². The molecule has 0 radical (unpaired) electrons. The molecule has 0 aromatic carbocycles. The maximum atomic E-state index is 5.55. The molecule has 1 saturated carbocycles. The number of hydrogen-bond donors (Lipinski definition) is 1. The highest BCUT2D eigenvalue weighted by atomic mass is 16.5. The van der Waals surface area contributed by atoms with Crippen LogP contribution < -0.4 is 5.32 Å². The lowest BCUT2D eigenvalue weighted by atomic mass is 9.83. The third kappa shape index (κ3) is 4.49. The van der Waals surface area contributed by atoms with Gasteiger partial charge in [0, 0.05) is 20.3 Å². The maximum Gasteiger partial charge on any atom is 0.0700 e. The molecule has 0 aromatic heterocycles. The lowest BCUT2D eigenvalue weighted by Gasteiger charge is -2.28. The van der Waals surface area contributed by atoms with E-state index >= 15 is 0 Å². The van der Waals surface area contributed by atoms with Crippen molar-refractivity contribution >= 4 is 0 Å². The van der Waals surface area contributed by atoms with Gasteiger partial charge in [-0.15, -0.1) is 0 Å². The molecule has 1 aliphatic carbocycles. The highest BCUT2D eigenvalue weighted by molar-refractivity contribution is 4.86. The van der Waals surface area contributed by atoms with Crippen molar-refractivity contribution in [1.82, 2.24) is 5.32 Å². The van der Waals surface area contributed by atoms with Gasteiger partial charge in [-0.25, -0.2) is 0 Å². The molecule has 90 valence electrons. The fourth-order valence-electron chi connectivity index (χ4n) is 2.55. The number of nitrogens with one attached hydrogen (secondary N) is 1. The third-order valence-electron chi connectivity index (χ3n) is 3.42. The summed E-state index contributed by atoms with van der Waals surface area (Å²) in [5.74, 6) is 0. The van der Waals surface area contributed by atoms with Gasteiger partial charge in [0.25, 0.3) is 0 Å². The monoisotopic (exact) mass is 215 g/mol. The molecule has 0 heterocycles. The van der Waals surface area contributed by atoms with Gasteiger partial charge in [-0.1, -0.05) is 12.8 Å². The molecule has 0 saturated heterocycles. The molecule has 1 rings (SSSR count). The minimum absolute atomic E-state index is 0.516. The molecule has 3 heteroatoms. The van der Waals surface area contributed by atoms with Crippen LogP contribution in [0.15, 0.2) is 0 Å². The average molecular weight is 215 g/mol. The third-order valence-corrected chi connectivity index (χ3v) is 3.42. The van der Waals surface area contributed by atoms with Crippen LogP contribution in [0.25, 0.3) is 0 Å². The van der Waals surface area contributed by atoms with Crippen molar-refractivity contribution in [3.8, 4) is 0 Å². The molecule has 0 aliphatic heterocycles. The SMILES string of the molecule is CNCC1(CCOCCOC)CCCC1. The highest BCUT2D eigenvalue weighted by Crippen LogP contribution is 2.40. The van der Waals surface area contributed by atoms with Gasteiger partial charge in [-0.05, 0) is 31.7 Å². The Morgan fingerprint density at radius 2 is 1.87 bits per heavy atom. The number of methoxy groups -OCH3 is 1. The number of rotatable bonds is 8. The zero-order chi connectivity index (χ0) is 11.0. The van der Waals surface area contributed by atoms with E-state index in [0.29, 0.717) is 12.0 Å². The maximum absolute atomic E-state index is 5.55. The summed E-state index contributed by atoms with van der Waals surface area (Å²) in [6.07, 6.45) is 6.69. The molecule has 3 nitrogen and oxygen atoms in total. The molecular weight excluding hydrogens is 190 g/mol. The summed E-state index contributed by atoms with van der Waals surface area (Å²) in [5.41, 5.74) is 0.516. The first kappa shape index (κ1) is 12.9. The topological polar surface area (TPSA) is 30.5 Å². The molecule has 0 bridgehead atoms. The lowest BCUT2D eigenvalue weighted by Crippen LogP contribution is -2.31. The zero-order valence-electron chi connectivity index (χ0n) is 10.2. The highest BCUT2D eigenvalue weighted by Gasteiger charge is 2.32. The van der Waals surface area contributed by atoms with Gasteiger partial charge in [-0.2, -0.15) is 0 Å². The fraction of sp³-hybridized carbons (Fsp3) is 1.00. The number of hydrogen-bond acceptors (Lipinski definition) is 3. The van der Waals surface area contributed by atoms with E-state index in [1.807, 2.05) is 7.05 Å². The van der Waals surface area contributed by atoms with Gasteiger partial charge in [0.2, 0.25) is 0 Å². The second-order valence-electron chi connectivity index (χ2n) is 4.59. The molecular formula is C12H25NO2. The van der Waals surface area contributed by atoms with Gasteiger partial charge >= 0.3 is 0 Å². The standard InChI is InChI=1S/C12H25NO2/c1-13-11-12(5-3-4-6-12)7-8-15-10-9-14-2/h13H,3-11H2,1-2H3. The average Bonchev–Trinajstić information content (AvgIpc) is 2.67. The molecule has 1 N–H and O–H groups in total. The molecule has 1 aliphatic rings. The van der Waals surface area contributed by atoms with Crippen molar-refractivity contribution in [3.63, 3.8) is 0 Å². The predicted molar refractivity (Wildman–Crippen MR) is 62.1 cm³/mol. The first-order valence-electron chi connectivity index (χ1n) is 6.04. The summed E-state index contributed by atoms with van der Waals surface area (Å²) in [5, 5.41) is 3.32. The van der Waals surface area contributed by atoms with E-state index in [-0.39, 0.29) is 0 Å². The van der Waals surface area contributed by atoms with Gasteiger partial charge in [-0.3, -0.25) is 0 Å². The van der Waals surface area contributed by atoms with Crippen molar-refractivity contribution < 1.29 is 9.47 Å². The summed E-state index contributed by atoms with van der Waals surface area (Å²) >= 11 is 0. The minimum atomic E-state index is 0.516. The lowest BCUT2D eigenvalue weighted by molar-refractivity contribution is 0.0517. The van der Waals surface area contributed by atoms with Gasteiger partial charge in [0.05, 0.1) is 13.2 Å². The van der Waals surface area contributed by atoms with Crippen molar-refractivity contribution in [3.05, 3.63) is 0 Å². The Morgan fingerprint density at radius 3 is 2.47 bits per heavy atom. The molecule has 1 fully saturated rings. The summed E-state index contributed by atoms with van der Waals surface area (Å²) in [6, 6.07) is 0. The van der Waals surface area contributed by atoms with Crippen LogP contribution in [0.4, 0.5) is 0 Å². The van der Waals surface area contributed by atoms with E-state index in [4.69, 9.17) is 9.47 Å². The molecule has 0 amide bonds. The largest absolute Gasteiger partial charge is 0.382 e. The Bertz CT molecular complexity index is 156. The van der Waals surface area contributed by atoms with Crippen LogP contribution in [-0.4, -0.2) is 40.5 Å². The van der Waals surface area contributed by atoms with Crippen LogP contribution in [0.1, 0.15) is 32.1 Å². The quantitative estimate of drug-likeness (QED) is 0.627. The van der Waals surface area contributed by atoms with Gasteiger partial charge < -0.3 is 14.8 Å². The molecule has 0 unspecified atom stereocenters. The normalized spacial score (nSPS) is 19.6. The van der Waals surface area contributed by atoms with Crippen LogP contribution in [0, 0.1) is 5.41 Å². The van der Waals surface area contributed by atoms with Crippen LogP contribution in [0.2, 0.25) is 0 Å². The molecule has 0 spiro atoms. The summed E-state index contributed by atoms with van der Waals surface area (Å²) in [6.45, 7) is 3.46. The smallest absolute Gasteiger partial charge is 0.0700 e. The Hall–Kier alpha value is -0.120. The zero-order valence-corrected chi connectivity index (χ0v) is 10.2. The van der Waals surface area contributed by atoms with Gasteiger partial charge in [0.1, 0.15) is 0 Å². The Labute approximate surface area is 93.5 Å². The number of ether oxygens (including phenoxy) is 2. The van der Waals surface area contributed by atoms with Crippen molar-refractivity contribution in [1.29, 1.82) is 0 Å². The summed E-state index contributed by atoms with van der Waals surface area (Å²) in [7, 11) is 3.76. The van der Waals surface area contributed by atoms with E-state index < -0.39 is 0 Å². The van der Waals surface area contributed by atoms with Crippen molar-refractivity contribution in [2.75, 3.05) is 40.5 Å². The van der Waals surface area contributed by atoms with Crippen molar-refractivity contribution in [2.45, 2.75) is 32.1 Å². The van der Waals surface area contributed by atoms with Crippen molar-refractivity contribution in [2.24, 2.45) is 5.41 Å². The van der Waals surface area contributed by atoms with Crippen LogP contribution in [0.5, 0.6) is 0 Å². The predicted octanol–water partition coefficient (Wildman–Crippen LogP) is 1.82. The van der Waals surface area contributed by atoms with Gasteiger partial charge in [0.15, 0.2) is 0 Å². The Balaban J connectivity index is 2.14. The fourth-order valence-corrected chi connectivity index (χ4v) is 2.55. The minimum Gasteiger partial charge on any atom is -0.382 e. The second-order valence-corrected chi connectivity index (χ2v) is 4.59. The summed E-state index contributed by atoms with van der Waals surface area (Å²) in [4.78, 5) is 0.